The van der Waals surface area contributed by atoms with Crippen molar-refractivity contribution in [1.82, 2.24) is 15.5 Å². The molecule has 1 amide bonds. The Labute approximate surface area is 93.5 Å². The lowest BCUT2D eigenvalue weighted by atomic mass is 10.1. The molecule has 0 bridgehead atoms. The summed E-state index contributed by atoms with van der Waals surface area (Å²) in [6.45, 7) is 4.40. The Morgan fingerprint density at radius 1 is 1.69 bits per heavy atom. The van der Waals surface area contributed by atoms with Crippen LogP contribution in [0, 0.1) is 6.92 Å². The van der Waals surface area contributed by atoms with Crippen molar-refractivity contribution in [3.05, 3.63) is 11.4 Å². The molecule has 1 aromatic heterocycles. The Morgan fingerprint density at radius 3 is 2.94 bits per heavy atom. The fraction of sp³-hybridized carbons (Fsp3) is 0.600. The Morgan fingerprint density at radius 2 is 2.44 bits per heavy atom. The first-order valence-electron chi connectivity index (χ1n) is 5.32. The van der Waals surface area contributed by atoms with Crippen molar-refractivity contribution >= 4 is 11.6 Å². The van der Waals surface area contributed by atoms with Crippen LogP contribution in [0.3, 0.4) is 0 Å². The highest BCUT2D eigenvalue weighted by Crippen LogP contribution is 2.16. The summed E-state index contributed by atoms with van der Waals surface area (Å²) >= 11 is 0. The number of aromatic amines is 1. The van der Waals surface area contributed by atoms with Crippen molar-refractivity contribution in [2.75, 3.05) is 12.3 Å². The van der Waals surface area contributed by atoms with E-state index >= 15 is 0 Å². The number of rotatable bonds is 2. The molecule has 1 aliphatic heterocycles. The summed E-state index contributed by atoms with van der Waals surface area (Å²) in [5.74, 6) is -0.246. The number of nitrogens with one attached hydrogen (secondary N) is 2. The summed E-state index contributed by atoms with van der Waals surface area (Å²) in [5.41, 5.74) is 7.10. The van der Waals surface area contributed by atoms with E-state index in [0.717, 1.165) is 6.42 Å². The zero-order valence-corrected chi connectivity index (χ0v) is 9.41. The van der Waals surface area contributed by atoms with Gasteiger partial charge in [0.2, 0.25) is 0 Å². The Bertz CT molecular complexity index is 402. The van der Waals surface area contributed by atoms with Gasteiger partial charge in [0, 0.05) is 6.61 Å². The summed E-state index contributed by atoms with van der Waals surface area (Å²) in [6, 6.07) is 0.0453. The second-order valence-corrected chi connectivity index (χ2v) is 4.06. The Hall–Kier alpha value is -1.56. The van der Waals surface area contributed by atoms with Crippen LogP contribution in [0.2, 0.25) is 0 Å². The van der Waals surface area contributed by atoms with Gasteiger partial charge in [0.05, 0.1) is 23.5 Å². The number of carbonyl (C=O) groups excluding carboxylic acids is 1. The predicted molar refractivity (Wildman–Crippen MR) is 59.0 cm³/mol. The molecule has 0 radical (unpaired) electrons. The average Bonchev–Trinajstić information content (AvgIpc) is 2.77. The van der Waals surface area contributed by atoms with Gasteiger partial charge < -0.3 is 15.8 Å². The van der Waals surface area contributed by atoms with Gasteiger partial charge in [0.15, 0.2) is 5.69 Å². The van der Waals surface area contributed by atoms with Crippen molar-refractivity contribution in [3.63, 3.8) is 0 Å². The lowest BCUT2D eigenvalue weighted by molar-refractivity contribution is 0.0862. The van der Waals surface area contributed by atoms with Gasteiger partial charge in [-0.25, -0.2) is 0 Å². The predicted octanol–water partition coefficient (Wildman–Crippen LogP) is 0.208. The van der Waals surface area contributed by atoms with E-state index in [9.17, 15) is 4.79 Å². The summed E-state index contributed by atoms with van der Waals surface area (Å²) in [4.78, 5) is 11.9. The maximum atomic E-state index is 11.9. The molecule has 0 aromatic carbocycles. The molecule has 2 atom stereocenters. The minimum absolute atomic E-state index is 0.0453. The molecule has 88 valence electrons. The molecular formula is C10H16N4O2. The lowest BCUT2D eigenvalue weighted by Gasteiger charge is -2.15. The van der Waals surface area contributed by atoms with Gasteiger partial charge in [0.25, 0.3) is 5.91 Å². The summed E-state index contributed by atoms with van der Waals surface area (Å²) in [7, 11) is 0. The number of nitrogens with zero attached hydrogens (tertiary/aromatic N) is 1. The minimum Gasteiger partial charge on any atom is -0.395 e. The summed E-state index contributed by atoms with van der Waals surface area (Å²) in [5, 5.41) is 9.44. The number of ether oxygens (including phenoxy) is 1. The number of nitrogens with two attached hydrogens (primary N) is 1. The van der Waals surface area contributed by atoms with Crippen LogP contribution in [-0.2, 0) is 4.74 Å². The molecule has 6 heteroatoms. The van der Waals surface area contributed by atoms with Crippen molar-refractivity contribution in [3.8, 4) is 0 Å². The number of carbonyl (C=O) groups is 1. The van der Waals surface area contributed by atoms with Gasteiger partial charge in [-0.2, -0.15) is 5.10 Å². The molecule has 1 fully saturated rings. The van der Waals surface area contributed by atoms with Crippen LogP contribution in [0.15, 0.2) is 0 Å². The van der Waals surface area contributed by atoms with Crippen molar-refractivity contribution in [2.24, 2.45) is 0 Å². The Kier molecular flexibility index (Phi) is 2.82. The molecule has 2 rings (SSSR count). The molecule has 6 nitrogen and oxygen atoms in total. The van der Waals surface area contributed by atoms with E-state index in [2.05, 4.69) is 15.5 Å². The standard InChI is InChI=1S/C10H16N4O2/c1-5-8(11)9(14-13-5)10(15)12-7-3-4-16-6(7)2/h6-7H,3-4,11H2,1-2H3,(H,12,15)(H,13,14). The number of anilines is 1. The maximum absolute atomic E-state index is 11.9. The average molecular weight is 224 g/mol. The molecule has 2 unspecified atom stereocenters. The number of hydrogen-bond donors (Lipinski definition) is 3. The monoisotopic (exact) mass is 224 g/mol. The first-order chi connectivity index (χ1) is 7.59. The van der Waals surface area contributed by atoms with Crippen molar-refractivity contribution in [2.45, 2.75) is 32.4 Å². The van der Waals surface area contributed by atoms with Gasteiger partial charge in [-0.1, -0.05) is 0 Å². The number of H-pyrrole nitrogens is 1. The topological polar surface area (TPSA) is 93.0 Å². The number of nitrogen functional groups attached to an aromatic ring is 1. The molecule has 4 N–H and O–H groups in total. The van der Waals surface area contributed by atoms with E-state index in [1.165, 1.54) is 0 Å². The van der Waals surface area contributed by atoms with E-state index in [-0.39, 0.29) is 23.7 Å². The van der Waals surface area contributed by atoms with E-state index in [1.807, 2.05) is 6.92 Å². The summed E-state index contributed by atoms with van der Waals surface area (Å²) in [6.07, 6.45) is 0.876. The largest absolute Gasteiger partial charge is 0.395 e. The molecule has 0 spiro atoms. The smallest absolute Gasteiger partial charge is 0.274 e. The molecule has 2 heterocycles. The van der Waals surface area contributed by atoms with Crippen LogP contribution in [-0.4, -0.2) is 34.9 Å². The third-order valence-corrected chi connectivity index (χ3v) is 2.90. The highest BCUT2D eigenvalue weighted by molar-refractivity contribution is 5.97. The normalized spacial score (nSPS) is 24.6. The van der Waals surface area contributed by atoms with Crippen LogP contribution in [0.1, 0.15) is 29.5 Å². The van der Waals surface area contributed by atoms with Gasteiger partial charge in [0.1, 0.15) is 0 Å². The highest BCUT2D eigenvalue weighted by Gasteiger charge is 2.27. The van der Waals surface area contributed by atoms with Gasteiger partial charge in [-0.05, 0) is 20.3 Å². The first kappa shape index (κ1) is 10.9. The van der Waals surface area contributed by atoms with E-state index < -0.39 is 0 Å². The number of aromatic nitrogens is 2. The number of amides is 1. The molecule has 16 heavy (non-hydrogen) atoms. The number of hydrogen-bond acceptors (Lipinski definition) is 4. The molecule has 0 saturated carbocycles. The van der Waals surface area contributed by atoms with Crippen LogP contribution < -0.4 is 11.1 Å². The molecule has 1 saturated heterocycles. The van der Waals surface area contributed by atoms with E-state index in [4.69, 9.17) is 10.5 Å². The molecule has 1 aliphatic rings. The minimum atomic E-state index is -0.246. The fourth-order valence-electron chi connectivity index (χ4n) is 1.77. The Balaban J connectivity index is 2.06. The zero-order valence-electron chi connectivity index (χ0n) is 9.41. The lowest BCUT2D eigenvalue weighted by Crippen LogP contribution is -2.39. The SMILES string of the molecule is Cc1[nH]nc(C(=O)NC2CCOC2C)c1N. The third-order valence-electron chi connectivity index (χ3n) is 2.90. The van der Waals surface area contributed by atoms with E-state index in [0.29, 0.717) is 18.0 Å². The van der Waals surface area contributed by atoms with Crippen LogP contribution in [0.4, 0.5) is 5.69 Å². The second kappa shape index (κ2) is 4.13. The molecule has 0 aliphatic carbocycles. The zero-order chi connectivity index (χ0) is 11.7. The number of aryl methyl sites for hydroxylation is 1. The van der Waals surface area contributed by atoms with Gasteiger partial charge in [-0.3, -0.25) is 9.89 Å². The van der Waals surface area contributed by atoms with Crippen molar-refractivity contribution in [1.29, 1.82) is 0 Å². The fourth-order valence-corrected chi connectivity index (χ4v) is 1.77. The molecular weight excluding hydrogens is 208 g/mol. The van der Waals surface area contributed by atoms with Gasteiger partial charge in [-0.15, -0.1) is 0 Å². The summed E-state index contributed by atoms with van der Waals surface area (Å²) < 4.78 is 5.36. The van der Waals surface area contributed by atoms with Crippen LogP contribution >= 0.6 is 0 Å². The van der Waals surface area contributed by atoms with E-state index in [1.54, 1.807) is 6.92 Å². The maximum Gasteiger partial charge on any atom is 0.274 e. The highest BCUT2D eigenvalue weighted by atomic mass is 16.5. The quantitative estimate of drug-likeness (QED) is 0.669. The second-order valence-electron chi connectivity index (χ2n) is 4.06. The van der Waals surface area contributed by atoms with Crippen LogP contribution in [0.5, 0.6) is 0 Å². The third kappa shape index (κ3) is 1.88. The first-order valence-corrected chi connectivity index (χ1v) is 5.32. The molecule has 1 aromatic rings. The van der Waals surface area contributed by atoms with Gasteiger partial charge >= 0.3 is 0 Å². The van der Waals surface area contributed by atoms with Crippen molar-refractivity contribution < 1.29 is 9.53 Å². The van der Waals surface area contributed by atoms with Crippen LogP contribution in [0.25, 0.3) is 0 Å².